The molecule has 0 aliphatic carbocycles. The lowest BCUT2D eigenvalue weighted by Gasteiger charge is -2.21. The Balaban J connectivity index is 2.23. The van der Waals surface area contributed by atoms with Crippen LogP contribution < -0.4 is 0 Å². The predicted molar refractivity (Wildman–Crippen MR) is 96.5 cm³/mol. The molecular formula is C20H17Br. The van der Waals surface area contributed by atoms with Crippen LogP contribution >= 0.6 is 15.9 Å². The zero-order valence-electron chi connectivity index (χ0n) is 12.5. The van der Waals surface area contributed by atoms with Gasteiger partial charge in [0.25, 0.3) is 0 Å². The number of hydrogen-bond donors (Lipinski definition) is 0. The Hall–Kier alpha value is -1.60. The molecule has 0 aliphatic heterocycles. The second-order valence-corrected chi connectivity index (χ2v) is 7.82. The highest BCUT2D eigenvalue weighted by Crippen LogP contribution is 2.38. The third-order valence-corrected chi connectivity index (χ3v) is 4.82. The third-order valence-electron chi connectivity index (χ3n) is 4.36. The number of hydrogen-bond acceptors (Lipinski definition) is 0. The van der Waals surface area contributed by atoms with Gasteiger partial charge in [-0.05, 0) is 55.4 Å². The monoisotopic (exact) mass is 336 g/mol. The quantitative estimate of drug-likeness (QED) is 0.315. The Morgan fingerprint density at radius 3 is 1.43 bits per heavy atom. The maximum absolute atomic E-state index is 3.61. The van der Waals surface area contributed by atoms with Gasteiger partial charge >= 0.3 is 0 Å². The lowest BCUT2D eigenvalue weighted by atomic mass is 9.83. The summed E-state index contributed by atoms with van der Waals surface area (Å²) in [6.07, 6.45) is 0. The summed E-state index contributed by atoms with van der Waals surface area (Å²) in [6, 6.07) is 18.1. The SMILES string of the molecule is CC(C)(C)c1cc2ccc3cc(Br)cc4ccc(c1)c2c34. The first kappa shape index (κ1) is 13.1. The van der Waals surface area contributed by atoms with E-state index in [2.05, 4.69) is 85.2 Å². The summed E-state index contributed by atoms with van der Waals surface area (Å²) < 4.78 is 1.14. The molecule has 0 unspecified atom stereocenters. The highest BCUT2D eigenvalue weighted by atomic mass is 79.9. The van der Waals surface area contributed by atoms with Crippen molar-refractivity contribution < 1.29 is 0 Å². The van der Waals surface area contributed by atoms with Crippen LogP contribution in [0.15, 0.2) is 53.0 Å². The van der Waals surface area contributed by atoms with Crippen molar-refractivity contribution in [3.05, 3.63) is 58.6 Å². The molecule has 0 amide bonds. The first-order valence-corrected chi connectivity index (χ1v) is 8.11. The average molecular weight is 337 g/mol. The van der Waals surface area contributed by atoms with E-state index in [1.54, 1.807) is 0 Å². The third kappa shape index (κ3) is 1.95. The summed E-state index contributed by atoms with van der Waals surface area (Å²) in [5.41, 5.74) is 1.57. The molecule has 0 atom stereocenters. The highest BCUT2D eigenvalue weighted by molar-refractivity contribution is 9.10. The lowest BCUT2D eigenvalue weighted by molar-refractivity contribution is 0.591. The van der Waals surface area contributed by atoms with Gasteiger partial charge in [0, 0.05) is 4.47 Å². The molecule has 0 fully saturated rings. The van der Waals surface area contributed by atoms with Crippen LogP contribution in [0, 0.1) is 0 Å². The summed E-state index contributed by atoms with van der Waals surface area (Å²) in [6.45, 7) is 6.82. The second-order valence-electron chi connectivity index (χ2n) is 6.91. The molecule has 0 radical (unpaired) electrons. The Morgan fingerprint density at radius 1 is 0.667 bits per heavy atom. The molecule has 4 rings (SSSR count). The van der Waals surface area contributed by atoms with Gasteiger partial charge in [0.15, 0.2) is 0 Å². The van der Waals surface area contributed by atoms with Crippen molar-refractivity contribution in [1.82, 2.24) is 0 Å². The van der Waals surface area contributed by atoms with Crippen molar-refractivity contribution in [3.63, 3.8) is 0 Å². The van der Waals surface area contributed by atoms with Gasteiger partial charge in [-0.1, -0.05) is 73.1 Å². The fourth-order valence-electron chi connectivity index (χ4n) is 3.23. The van der Waals surface area contributed by atoms with Crippen LogP contribution in [0.1, 0.15) is 26.3 Å². The van der Waals surface area contributed by atoms with Gasteiger partial charge in [0.1, 0.15) is 0 Å². The Bertz CT molecular complexity index is 907. The molecule has 4 aromatic rings. The Morgan fingerprint density at radius 2 is 1.05 bits per heavy atom. The summed E-state index contributed by atoms with van der Waals surface area (Å²) in [7, 11) is 0. The zero-order chi connectivity index (χ0) is 14.8. The minimum Gasteiger partial charge on any atom is -0.0561 e. The molecular weight excluding hydrogens is 320 g/mol. The van der Waals surface area contributed by atoms with Crippen molar-refractivity contribution in [3.8, 4) is 0 Å². The van der Waals surface area contributed by atoms with Crippen LogP contribution in [0.5, 0.6) is 0 Å². The molecule has 104 valence electrons. The molecule has 4 aromatic carbocycles. The normalized spacial score (nSPS) is 12.8. The van der Waals surface area contributed by atoms with E-state index in [0.717, 1.165) is 4.47 Å². The Kier molecular flexibility index (Phi) is 2.62. The van der Waals surface area contributed by atoms with Crippen LogP contribution in [0.2, 0.25) is 0 Å². The molecule has 0 spiro atoms. The van der Waals surface area contributed by atoms with Gasteiger partial charge < -0.3 is 0 Å². The number of benzene rings is 4. The van der Waals surface area contributed by atoms with Crippen molar-refractivity contribution in [2.24, 2.45) is 0 Å². The average Bonchev–Trinajstić information content (AvgIpc) is 2.42. The van der Waals surface area contributed by atoms with Gasteiger partial charge in [0.2, 0.25) is 0 Å². The van der Waals surface area contributed by atoms with E-state index >= 15 is 0 Å². The summed E-state index contributed by atoms with van der Waals surface area (Å²) >= 11 is 3.61. The predicted octanol–water partition coefficient (Wildman–Crippen LogP) is 6.64. The molecule has 0 heterocycles. The van der Waals surface area contributed by atoms with E-state index in [1.807, 2.05) is 0 Å². The first-order chi connectivity index (χ1) is 9.93. The van der Waals surface area contributed by atoms with E-state index in [1.165, 1.54) is 37.9 Å². The maximum atomic E-state index is 3.61. The van der Waals surface area contributed by atoms with Crippen molar-refractivity contribution in [1.29, 1.82) is 0 Å². The molecule has 0 saturated carbocycles. The first-order valence-electron chi connectivity index (χ1n) is 7.32. The number of halogens is 1. The second kappa shape index (κ2) is 4.20. The zero-order valence-corrected chi connectivity index (χ0v) is 14.1. The van der Waals surface area contributed by atoms with Gasteiger partial charge in [-0.15, -0.1) is 0 Å². The van der Waals surface area contributed by atoms with Crippen molar-refractivity contribution in [2.45, 2.75) is 26.2 Å². The molecule has 0 nitrogen and oxygen atoms in total. The van der Waals surface area contributed by atoms with E-state index < -0.39 is 0 Å². The lowest BCUT2D eigenvalue weighted by Crippen LogP contribution is -2.10. The van der Waals surface area contributed by atoms with E-state index in [9.17, 15) is 0 Å². The molecule has 0 aliphatic rings. The van der Waals surface area contributed by atoms with E-state index in [-0.39, 0.29) is 5.41 Å². The van der Waals surface area contributed by atoms with Crippen LogP contribution in [0.3, 0.4) is 0 Å². The molecule has 0 saturated heterocycles. The van der Waals surface area contributed by atoms with Crippen LogP contribution in [-0.4, -0.2) is 0 Å². The van der Waals surface area contributed by atoms with Crippen molar-refractivity contribution in [2.75, 3.05) is 0 Å². The molecule has 1 heteroatoms. The summed E-state index contributed by atoms with van der Waals surface area (Å²) in [5, 5.41) is 8.08. The maximum Gasteiger partial charge on any atom is 0.0187 e. The summed E-state index contributed by atoms with van der Waals surface area (Å²) in [5.74, 6) is 0. The van der Waals surface area contributed by atoms with Gasteiger partial charge in [-0.2, -0.15) is 0 Å². The largest absolute Gasteiger partial charge is 0.0561 e. The fourth-order valence-corrected chi connectivity index (χ4v) is 3.73. The molecule has 21 heavy (non-hydrogen) atoms. The smallest absolute Gasteiger partial charge is 0.0187 e. The van der Waals surface area contributed by atoms with Crippen molar-refractivity contribution >= 4 is 48.2 Å². The topological polar surface area (TPSA) is 0 Å². The van der Waals surface area contributed by atoms with Gasteiger partial charge in [-0.3, -0.25) is 0 Å². The van der Waals surface area contributed by atoms with Gasteiger partial charge in [-0.25, -0.2) is 0 Å². The van der Waals surface area contributed by atoms with Crippen LogP contribution in [0.4, 0.5) is 0 Å². The van der Waals surface area contributed by atoms with E-state index in [4.69, 9.17) is 0 Å². The fraction of sp³-hybridized carbons (Fsp3) is 0.200. The van der Waals surface area contributed by atoms with Gasteiger partial charge in [0.05, 0.1) is 0 Å². The number of rotatable bonds is 0. The van der Waals surface area contributed by atoms with E-state index in [0.29, 0.717) is 0 Å². The minimum absolute atomic E-state index is 0.174. The van der Waals surface area contributed by atoms with Crippen LogP contribution in [-0.2, 0) is 5.41 Å². The summed E-state index contributed by atoms with van der Waals surface area (Å²) in [4.78, 5) is 0. The highest BCUT2D eigenvalue weighted by Gasteiger charge is 2.16. The Labute approximate surface area is 133 Å². The standard InChI is InChI=1S/C20H17Br/c1-20(2,3)16-8-12-4-6-14-10-17(21)11-15-7-5-13(9-16)18(12)19(14)15/h4-11H,1-3H3. The molecule has 0 N–H and O–H groups in total. The molecule has 0 bridgehead atoms. The minimum atomic E-state index is 0.174. The molecule has 0 aromatic heterocycles. The van der Waals surface area contributed by atoms with Crippen LogP contribution in [0.25, 0.3) is 32.3 Å².